The summed E-state index contributed by atoms with van der Waals surface area (Å²) in [5.74, 6) is -0.00115. The van der Waals surface area contributed by atoms with E-state index >= 15 is 0 Å². The monoisotopic (exact) mass is 324 g/mol. The van der Waals surface area contributed by atoms with Crippen LogP contribution in [-0.2, 0) is 4.79 Å². The van der Waals surface area contributed by atoms with Gasteiger partial charge in [-0.25, -0.2) is 4.98 Å². The number of anilines is 1. The van der Waals surface area contributed by atoms with Gasteiger partial charge in [0.2, 0.25) is 0 Å². The fraction of sp³-hybridized carbons (Fsp3) is 0.0769. The Labute approximate surface area is 119 Å². The molecule has 0 saturated heterocycles. The average Bonchev–Trinajstić information content (AvgIpc) is 2.42. The van der Waals surface area contributed by atoms with E-state index in [0.29, 0.717) is 11.6 Å². The van der Waals surface area contributed by atoms with Gasteiger partial charge in [0.15, 0.2) is 0 Å². The minimum Gasteiger partial charge on any atom is -0.546 e. The maximum Gasteiger partial charge on any atom is 0.270 e. The van der Waals surface area contributed by atoms with Crippen molar-refractivity contribution in [3.8, 4) is 5.75 Å². The van der Waals surface area contributed by atoms with E-state index in [1.165, 1.54) is 0 Å². The van der Waals surface area contributed by atoms with Crippen LogP contribution in [0.4, 0.5) is 5.82 Å². The van der Waals surface area contributed by atoms with Crippen molar-refractivity contribution in [2.45, 2.75) is 0 Å². The summed E-state index contributed by atoms with van der Waals surface area (Å²) in [5, 5.41) is 9.94. The van der Waals surface area contributed by atoms with Crippen LogP contribution >= 0.6 is 15.9 Å². The first-order valence-electron chi connectivity index (χ1n) is 5.38. The Kier molecular flexibility index (Phi) is 6.38. The molecule has 0 aliphatic rings. The van der Waals surface area contributed by atoms with Crippen LogP contribution in [0.2, 0.25) is 0 Å². The standard InChI is InChI=1S/C8H8O3.C5H5BrN2/c9-8(10)6-11-7-4-2-1-3-5-7;6-4-1-2-5(7)8-3-4/h1-5H,6H2,(H,9,10);1-3H,(H2,7,8). The van der Waals surface area contributed by atoms with Crippen molar-refractivity contribution in [2.24, 2.45) is 0 Å². The first-order chi connectivity index (χ1) is 9.08. The van der Waals surface area contributed by atoms with Crippen LogP contribution in [0.5, 0.6) is 5.75 Å². The molecule has 0 amide bonds. The predicted molar refractivity (Wildman–Crippen MR) is 72.1 cm³/mol. The number of aromatic amines is 1. The van der Waals surface area contributed by atoms with Crippen molar-refractivity contribution in [2.75, 3.05) is 12.3 Å². The number of nitrogens with one attached hydrogen (secondary N) is 1. The maximum absolute atomic E-state index is 9.94. The summed E-state index contributed by atoms with van der Waals surface area (Å²) in [6.45, 7) is -0.399. The number of aromatic nitrogens is 1. The van der Waals surface area contributed by atoms with Gasteiger partial charge < -0.3 is 14.6 Å². The smallest absolute Gasteiger partial charge is 0.270 e. The molecule has 0 fully saturated rings. The number of H-pyrrole nitrogens is 1. The van der Waals surface area contributed by atoms with Gasteiger partial charge in [-0.1, -0.05) is 18.2 Å². The summed E-state index contributed by atoms with van der Waals surface area (Å²) in [6.07, 6.45) is 1.79. The third-order valence-electron chi connectivity index (χ3n) is 1.90. The lowest BCUT2D eigenvalue weighted by Gasteiger charge is -2.04. The van der Waals surface area contributed by atoms with Gasteiger partial charge in [-0.2, -0.15) is 0 Å². The van der Waals surface area contributed by atoms with Gasteiger partial charge in [-0.05, 0) is 34.1 Å². The fourth-order valence-electron chi connectivity index (χ4n) is 1.08. The number of para-hydroxylation sites is 1. The lowest BCUT2D eigenvalue weighted by molar-refractivity contribution is -0.361. The highest BCUT2D eigenvalue weighted by atomic mass is 79.9. The van der Waals surface area contributed by atoms with Crippen LogP contribution < -0.4 is 20.6 Å². The Morgan fingerprint density at radius 3 is 2.42 bits per heavy atom. The molecule has 2 aromatic rings. The number of halogens is 1. The van der Waals surface area contributed by atoms with E-state index in [4.69, 9.17) is 10.5 Å². The summed E-state index contributed by atoms with van der Waals surface area (Å²) in [4.78, 5) is 12.8. The number of hydrogen-bond acceptors (Lipinski definition) is 4. The molecule has 5 nitrogen and oxygen atoms in total. The lowest BCUT2D eigenvalue weighted by atomic mass is 10.3. The Hall–Kier alpha value is -2.08. The van der Waals surface area contributed by atoms with E-state index < -0.39 is 12.6 Å². The first kappa shape index (κ1) is 15.0. The molecule has 0 aliphatic heterocycles. The van der Waals surface area contributed by atoms with Crippen molar-refractivity contribution in [1.29, 1.82) is 0 Å². The SMILES string of the molecule is Nc1ccc(Br)c[nH+]1.O=C([O-])COc1ccccc1. The molecule has 2 rings (SSSR count). The number of benzene rings is 1. The summed E-state index contributed by atoms with van der Waals surface area (Å²) < 4.78 is 5.81. The lowest BCUT2D eigenvalue weighted by Crippen LogP contribution is -2.28. The second-order valence-corrected chi connectivity index (χ2v) is 4.35. The molecule has 0 unspecified atom stereocenters. The number of carbonyl (C=O) groups is 1. The van der Waals surface area contributed by atoms with E-state index in [1.54, 1.807) is 36.5 Å². The number of ether oxygens (including phenoxy) is 1. The normalized spacial score (nSPS) is 9.11. The minimum absolute atomic E-state index is 0.399. The van der Waals surface area contributed by atoms with Crippen LogP contribution in [-0.4, -0.2) is 12.6 Å². The third kappa shape index (κ3) is 7.05. The molecule has 1 aromatic carbocycles. The molecular formula is C13H13BrN2O3. The highest BCUT2D eigenvalue weighted by Crippen LogP contribution is 2.07. The van der Waals surface area contributed by atoms with Crippen LogP contribution in [0.25, 0.3) is 0 Å². The van der Waals surface area contributed by atoms with Gasteiger partial charge in [0, 0.05) is 6.07 Å². The Morgan fingerprint density at radius 2 is 1.95 bits per heavy atom. The maximum atomic E-state index is 9.94. The molecule has 0 bridgehead atoms. The van der Waals surface area contributed by atoms with E-state index in [-0.39, 0.29) is 0 Å². The zero-order valence-corrected chi connectivity index (χ0v) is 11.6. The third-order valence-corrected chi connectivity index (χ3v) is 2.39. The first-order valence-corrected chi connectivity index (χ1v) is 6.17. The van der Waals surface area contributed by atoms with Crippen molar-refractivity contribution >= 4 is 27.7 Å². The summed E-state index contributed by atoms with van der Waals surface area (Å²) >= 11 is 3.26. The topological polar surface area (TPSA) is 89.5 Å². The molecular weight excluding hydrogens is 312 g/mol. The molecule has 100 valence electrons. The van der Waals surface area contributed by atoms with E-state index in [2.05, 4.69) is 20.9 Å². The Bertz CT molecular complexity index is 482. The van der Waals surface area contributed by atoms with Crippen molar-refractivity contribution in [3.05, 3.63) is 53.1 Å². The fourth-order valence-corrected chi connectivity index (χ4v) is 1.32. The summed E-state index contributed by atoms with van der Waals surface area (Å²) in [5.41, 5.74) is 5.35. The molecule has 0 atom stereocenters. The number of carboxylic acid groups (broad SMARTS) is 1. The zero-order chi connectivity index (χ0) is 14.1. The van der Waals surface area contributed by atoms with Gasteiger partial charge in [0.05, 0.1) is 10.4 Å². The number of rotatable bonds is 3. The Balaban J connectivity index is 0.000000200. The van der Waals surface area contributed by atoms with Crippen molar-refractivity contribution in [3.63, 3.8) is 0 Å². The van der Waals surface area contributed by atoms with Crippen molar-refractivity contribution in [1.82, 2.24) is 0 Å². The number of aliphatic carboxylic acids is 1. The summed E-state index contributed by atoms with van der Waals surface area (Å²) in [7, 11) is 0. The van der Waals surface area contributed by atoms with Crippen LogP contribution in [0.15, 0.2) is 53.1 Å². The number of nitrogen functional groups attached to an aromatic ring is 1. The number of nitrogens with two attached hydrogens (primary N) is 1. The van der Waals surface area contributed by atoms with Gasteiger partial charge in [-0.15, -0.1) is 0 Å². The van der Waals surface area contributed by atoms with Crippen LogP contribution in [0.1, 0.15) is 0 Å². The second-order valence-electron chi connectivity index (χ2n) is 3.44. The zero-order valence-electron chi connectivity index (χ0n) is 10.0. The predicted octanol–water partition coefficient (Wildman–Crippen LogP) is 0.661. The average molecular weight is 325 g/mol. The van der Waals surface area contributed by atoms with Crippen LogP contribution in [0.3, 0.4) is 0 Å². The Morgan fingerprint density at radius 1 is 1.26 bits per heavy atom. The summed E-state index contributed by atoms with van der Waals surface area (Å²) in [6, 6.07) is 12.4. The minimum atomic E-state index is -1.21. The van der Waals surface area contributed by atoms with Crippen molar-refractivity contribution < 1.29 is 19.6 Å². The molecule has 1 aromatic heterocycles. The van der Waals surface area contributed by atoms with Gasteiger partial charge in [-0.3, -0.25) is 5.73 Å². The van der Waals surface area contributed by atoms with Gasteiger partial charge >= 0.3 is 0 Å². The number of hydrogen-bond donors (Lipinski definition) is 1. The number of carboxylic acids is 1. The largest absolute Gasteiger partial charge is 0.546 e. The molecule has 0 spiro atoms. The highest BCUT2D eigenvalue weighted by Gasteiger charge is 1.89. The van der Waals surface area contributed by atoms with Gasteiger partial charge in [0.1, 0.15) is 18.6 Å². The molecule has 19 heavy (non-hydrogen) atoms. The second kappa shape index (κ2) is 8.10. The van der Waals surface area contributed by atoms with E-state index in [9.17, 15) is 9.90 Å². The molecule has 0 aliphatic carbocycles. The number of carbonyl (C=O) groups excluding carboxylic acids is 1. The molecule has 3 N–H and O–H groups in total. The molecule has 6 heteroatoms. The molecule has 0 saturated carbocycles. The quantitative estimate of drug-likeness (QED) is 0.898. The van der Waals surface area contributed by atoms with E-state index in [1.807, 2.05) is 12.1 Å². The van der Waals surface area contributed by atoms with Crippen LogP contribution in [0, 0.1) is 0 Å². The van der Waals surface area contributed by atoms with E-state index in [0.717, 1.165) is 4.47 Å². The molecule has 0 radical (unpaired) electrons. The highest BCUT2D eigenvalue weighted by molar-refractivity contribution is 9.10. The van der Waals surface area contributed by atoms with Gasteiger partial charge in [0.25, 0.3) is 5.82 Å². The molecule has 1 heterocycles. The number of pyridine rings is 1.